The molecule has 0 radical (unpaired) electrons. The number of aliphatic carboxylic acids is 1. The second-order valence-corrected chi connectivity index (χ2v) is 4.90. The van der Waals surface area contributed by atoms with E-state index in [0.717, 1.165) is 10.0 Å². The van der Waals surface area contributed by atoms with E-state index in [0.29, 0.717) is 0 Å². The van der Waals surface area contributed by atoms with Crippen molar-refractivity contribution in [2.45, 2.75) is 25.4 Å². The number of nitrogens with one attached hydrogen (secondary N) is 1. The molecule has 0 fully saturated rings. The first-order valence-electron chi connectivity index (χ1n) is 5.43. The Bertz CT molecular complexity index is 433. The average molecular weight is 315 g/mol. The fourth-order valence-corrected chi connectivity index (χ4v) is 1.70. The summed E-state index contributed by atoms with van der Waals surface area (Å²) in [5.41, 5.74) is 6.39. The van der Waals surface area contributed by atoms with Gasteiger partial charge in [0, 0.05) is 4.47 Å². The molecule has 1 amide bonds. The van der Waals surface area contributed by atoms with Crippen molar-refractivity contribution < 1.29 is 14.7 Å². The van der Waals surface area contributed by atoms with Gasteiger partial charge in [0.05, 0.1) is 18.5 Å². The topological polar surface area (TPSA) is 92.4 Å². The van der Waals surface area contributed by atoms with Crippen molar-refractivity contribution in [2.24, 2.45) is 5.73 Å². The molecule has 4 N–H and O–H groups in total. The maximum atomic E-state index is 11.6. The zero-order chi connectivity index (χ0) is 13.7. The number of carboxylic acid groups (broad SMARTS) is 1. The van der Waals surface area contributed by atoms with Crippen LogP contribution in [0.4, 0.5) is 0 Å². The Morgan fingerprint density at radius 1 is 1.39 bits per heavy atom. The highest BCUT2D eigenvalue weighted by Gasteiger charge is 2.19. The van der Waals surface area contributed by atoms with E-state index in [1.54, 1.807) is 0 Å². The second kappa shape index (κ2) is 6.51. The zero-order valence-corrected chi connectivity index (χ0v) is 11.5. The van der Waals surface area contributed by atoms with E-state index in [-0.39, 0.29) is 12.5 Å². The smallest absolute Gasteiger partial charge is 0.305 e. The van der Waals surface area contributed by atoms with Gasteiger partial charge in [0.15, 0.2) is 0 Å². The summed E-state index contributed by atoms with van der Waals surface area (Å²) in [6, 6.07) is 6.24. The molecule has 0 aromatic heterocycles. The highest BCUT2D eigenvalue weighted by molar-refractivity contribution is 9.10. The largest absolute Gasteiger partial charge is 0.481 e. The third-order valence-electron chi connectivity index (χ3n) is 2.46. The van der Waals surface area contributed by atoms with Gasteiger partial charge in [-0.05, 0) is 24.6 Å². The molecule has 0 aliphatic carbocycles. The molecular formula is C12H15BrN2O3. The van der Waals surface area contributed by atoms with Crippen LogP contribution in [0.2, 0.25) is 0 Å². The van der Waals surface area contributed by atoms with Gasteiger partial charge in [-0.15, -0.1) is 0 Å². The number of carboxylic acids is 1. The predicted molar refractivity (Wildman–Crippen MR) is 70.9 cm³/mol. The molecule has 18 heavy (non-hydrogen) atoms. The fourth-order valence-electron chi connectivity index (χ4n) is 1.44. The first kappa shape index (κ1) is 14.7. The molecule has 0 bridgehead atoms. The lowest BCUT2D eigenvalue weighted by molar-refractivity contribution is -0.139. The minimum Gasteiger partial charge on any atom is -0.481 e. The molecule has 98 valence electrons. The van der Waals surface area contributed by atoms with E-state index < -0.39 is 17.9 Å². The van der Waals surface area contributed by atoms with Gasteiger partial charge < -0.3 is 16.2 Å². The van der Waals surface area contributed by atoms with Crippen LogP contribution in [-0.4, -0.2) is 23.0 Å². The van der Waals surface area contributed by atoms with Crippen LogP contribution in [0, 0.1) is 0 Å². The van der Waals surface area contributed by atoms with Crippen LogP contribution in [-0.2, 0) is 9.59 Å². The molecule has 1 unspecified atom stereocenters. The number of amides is 1. The molecule has 1 aromatic rings. The van der Waals surface area contributed by atoms with E-state index in [4.69, 9.17) is 10.8 Å². The highest BCUT2D eigenvalue weighted by Crippen LogP contribution is 2.16. The zero-order valence-electron chi connectivity index (χ0n) is 9.89. The van der Waals surface area contributed by atoms with Crippen LogP contribution in [0.5, 0.6) is 0 Å². The van der Waals surface area contributed by atoms with E-state index in [9.17, 15) is 9.59 Å². The van der Waals surface area contributed by atoms with Crippen LogP contribution in [0.3, 0.4) is 0 Å². The molecule has 5 nitrogen and oxygen atoms in total. The molecule has 1 rings (SSSR count). The van der Waals surface area contributed by atoms with Crippen molar-refractivity contribution >= 4 is 27.8 Å². The summed E-state index contributed by atoms with van der Waals surface area (Å²) in [5.74, 6) is -1.55. The Labute approximate surface area is 113 Å². The number of halogens is 1. The van der Waals surface area contributed by atoms with E-state index >= 15 is 0 Å². The fraction of sp³-hybridized carbons (Fsp3) is 0.333. The van der Waals surface area contributed by atoms with E-state index in [1.165, 1.54) is 0 Å². The maximum absolute atomic E-state index is 11.6. The van der Waals surface area contributed by atoms with E-state index in [2.05, 4.69) is 21.2 Å². The molecule has 0 heterocycles. The van der Waals surface area contributed by atoms with E-state index in [1.807, 2.05) is 31.2 Å². The van der Waals surface area contributed by atoms with Crippen LogP contribution >= 0.6 is 15.9 Å². The quantitative estimate of drug-likeness (QED) is 0.766. The highest BCUT2D eigenvalue weighted by atomic mass is 79.9. The summed E-state index contributed by atoms with van der Waals surface area (Å²) >= 11 is 3.32. The number of hydrogen-bond donors (Lipinski definition) is 3. The molecule has 2 atom stereocenters. The maximum Gasteiger partial charge on any atom is 0.305 e. The Morgan fingerprint density at radius 2 is 1.94 bits per heavy atom. The average Bonchev–Trinajstić information content (AvgIpc) is 2.28. The molecule has 0 spiro atoms. The van der Waals surface area contributed by atoms with Crippen LogP contribution < -0.4 is 11.1 Å². The van der Waals surface area contributed by atoms with Crippen molar-refractivity contribution in [1.29, 1.82) is 0 Å². The van der Waals surface area contributed by atoms with Crippen LogP contribution in [0.25, 0.3) is 0 Å². The van der Waals surface area contributed by atoms with Crippen molar-refractivity contribution in [2.75, 3.05) is 0 Å². The number of carbonyl (C=O) groups excluding carboxylic acids is 1. The molecular weight excluding hydrogens is 300 g/mol. The molecule has 0 aliphatic rings. The first-order chi connectivity index (χ1) is 8.40. The molecule has 1 aromatic carbocycles. The summed E-state index contributed by atoms with van der Waals surface area (Å²) in [6.07, 6.45) is -0.376. The van der Waals surface area contributed by atoms with Gasteiger partial charge in [-0.25, -0.2) is 0 Å². The van der Waals surface area contributed by atoms with Crippen molar-refractivity contribution in [3.63, 3.8) is 0 Å². The van der Waals surface area contributed by atoms with Gasteiger partial charge in [0.2, 0.25) is 5.91 Å². The normalized spacial score (nSPS) is 13.7. The number of rotatable bonds is 5. The summed E-state index contributed by atoms with van der Waals surface area (Å²) in [4.78, 5) is 22.1. The Hall–Kier alpha value is -1.40. The minimum atomic E-state index is -1.09. The van der Waals surface area contributed by atoms with Gasteiger partial charge in [0.25, 0.3) is 0 Å². The van der Waals surface area contributed by atoms with Crippen molar-refractivity contribution in [3.8, 4) is 0 Å². The number of benzene rings is 1. The Morgan fingerprint density at radius 3 is 2.44 bits per heavy atom. The van der Waals surface area contributed by atoms with Crippen molar-refractivity contribution in [1.82, 2.24) is 5.32 Å². The predicted octanol–water partition coefficient (Wildman–Crippen LogP) is 1.43. The lowest BCUT2D eigenvalue weighted by Crippen LogP contribution is -2.42. The molecule has 0 saturated carbocycles. The molecule has 0 saturated heterocycles. The van der Waals surface area contributed by atoms with Gasteiger partial charge in [-0.1, -0.05) is 28.1 Å². The third-order valence-corrected chi connectivity index (χ3v) is 2.99. The lowest BCUT2D eigenvalue weighted by atomic mass is 10.1. The Balaban J connectivity index is 2.59. The number of nitrogens with two attached hydrogens (primary N) is 1. The third kappa shape index (κ3) is 4.46. The van der Waals surface area contributed by atoms with Crippen LogP contribution in [0.1, 0.15) is 24.9 Å². The monoisotopic (exact) mass is 314 g/mol. The van der Waals surface area contributed by atoms with Gasteiger partial charge in [0.1, 0.15) is 0 Å². The number of carbonyl (C=O) groups is 2. The Kier molecular flexibility index (Phi) is 5.30. The lowest BCUT2D eigenvalue weighted by Gasteiger charge is -2.17. The number of hydrogen-bond acceptors (Lipinski definition) is 3. The standard InChI is InChI=1S/C12H15BrN2O3/c1-7(8-2-4-9(13)5-3-8)15-12(18)10(14)6-11(16)17/h2-5,7,10H,6,14H2,1H3,(H,15,18)(H,16,17)/t7-,10?/m0/s1. The van der Waals surface area contributed by atoms with Crippen molar-refractivity contribution in [3.05, 3.63) is 34.3 Å². The van der Waals surface area contributed by atoms with Crippen LogP contribution in [0.15, 0.2) is 28.7 Å². The first-order valence-corrected chi connectivity index (χ1v) is 6.22. The summed E-state index contributed by atoms with van der Waals surface area (Å²) in [7, 11) is 0. The summed E-state index contributed by atoms with van der Waals surface area (Å²) in [6.45, 7) is 1.81. The minimum absolute atomic E-state index is 0.217. The summed E-state index contributed by atoms with van der Waals surface area (Å²) < 4.78 is 0.951. The summed E-state index contributed by atoms with van der Waals surface area (Å²) in [5, 5.41) is 11.2. The van der Waals surface area contributed by atoms with Gasteiger partial charge in [-0.3, -0.25) is 9.59 Å². The molecule has 0 aliphatic heterocycles. The van der Waals surface area contributed by atoms with Gasteiger partial charge in [-0.2, -0.15) is 0 Å². The van der Waals surface area contributed by atoms with Gasteiger partial charge >= 0.3 is 5.97 Å². The second-order valence-electron chi connectivity index (χ2n) is 3.99. The molecule has 6 heteroatoms. The SMILES string of the molecule is C[C@H](NC(=O)C(N)CC(=O)O)c1ccc(Br)cc1.